The van der Waals surface area contributed by atoms with Crippen LogP contribution in [-0.2, 0) is 5.41 Å². The highest BCUT2D eigenvalue weighted by molar-refractivity contribution is 5.83. The lowest BCUT2D eigenvalue weighted by Gasteiger charge is -2.26. The number of aromatic nitrogens is 1. The van der Waals surface area contributed by atoms with E-state index in [1.807, 2.05) is 12.3 Å². The molecule has 3 rings (SSSR count). The molecule has 2 aromatic rings. The van der Waals surface area contributed by atoms with Crippen molar-refractivity contribution in [1.29, 1.82) is 0 Å². The molecule has 1 fully saturated rings. The standard InChI is InChI=1S/C16H20N2/c1-16(9-8-12(11-16)17-2)14-6-3-7-15-13(14)5-4-10-18-15/h3-7,10,12,17H,8-9,11H2,1-2H3. The molecule has 2 heteroatoms. The zero-order valence-corrected chi connectivity index (χ0v) is 11.1. The smallest absolute Gasteiger partial charge is 0.0704 e. The average Bonchev–Trinajstić information content (AvgIpc) is 2.81. The fourth-order valence-electron chi connectivity index (χ4n) is 3.36. The number of rotatable bonds is 2. The molecular weight excluding hydrogens is 220 g/mol. The highest BCUT2D eigenvalue weighted by Gasteiger charge is 2.36. The third-order valence-corrected chi connectivity index (χ3v) is 4.45. The fourth-order valence-corrected chi connectivity index (χ4v) is 3.36. The van der Waals surface area contributed by atoms with Gasteiger partial charge in [0.1, 0.15) is 0 Å². The van der Waals surface area contributed by atoms with E-state index < -0.39 is 0 Å². The first-order valence-corrected chi connectivity index (χ1v) is 6.74. The number of nitrogens with one attached hydrogen (secondary N) is 1. The highest BCUT2D eigenvalue weighted by atomic mass is 14.9. The van der Waals surface area contributed by atoms with E-state index in [1.54, 1.807) is 0 Å². The minimum Gasteiger partial charge on any atom is -0.317 e. The molecule has 1 N–H and O–H groups in total. The molecule has 0 saturated heterocycles. The summed E-state index contributed by atoms with van der Waals surface area (Å²) in [5, 5.41) is 4.74. The van der Waals surface area contributed by atoms with Crippen LogP contribution < -0.4 is 5.32 Å². The van der Waals surface area contributed by atoms with E-state index in [4.69, 9.17) is 0 Å². The predicted molar refractivity (Wildman–Crippen MR) is 75.8 cm³/mol. The van der Waals surface area contributed by atoms with Crippen LogP contribution in [0.4, 0.5) is 0 Å². The zero-order chi connectivity index (χ0) is 12.6. The largest absolute Gasteiger partial charge is 0.317 e. The van der Waals surface area contributed by atoms with E-state index in [9.17, 15) is 0 Å². The molecule has 1 aliphatic carbocycles. The van der Waals surface area contributed by atoms with Crippen LogP contribution >= 0.6 is 0 Å². The van der Waals surface area contributed by atoms with Crippen LogP contribution in [0.25, 0.3) is 10.9 Å². The van der Waals surface area contributed by atoms with Crippen molar-refractivity contribution in [3.05, 3.63) is 42.1 Å². The maximum atomic E-state index is 4.47. The Balaban J connectivity index is 2.09. The predicted octanol–water partition coefficient (Wildman–Crippen LogP) is 3.26. The van der Waals surface area contributed by atoms with Crippen LogP contribution in [0.2, 0.25) is 0 Å². The summed E-state index contributed by atoms with van der Waals surface area (Å²) in [6, 6.07) is 11.4. The van der Waals surface area contributed by atoms with Gasteiger partial charge >= 0.3 is 0 Å². The molecule has 1 aromatic heterocycles. The molecule has 1 aromatic carbocycles. The number of nitrogens with zero attached hydrogens (tertiary/aromatic N) is 1. The molecule has 0 bridgehead atoms. The summed E-state index contributed by atoms with van der Waals surface area (Å²) >= 11 is 0. The summed E-state index contributed by atoms with van der Waals surface area (Å²) in [5.74, 6) is 0. The molecule has 1 aliphatic rings. The summed E-state index contributed by atoms with van der Waals surface area (Å²) in [5.41, 5.74) is 2.87. The van der Waals surface area contributed by atoms with Crippen LogP contribution in [0.15, 0.2) is 36.5 Å². The van der Waals surface area contributed by atoms with E-state index in [1.165, 1.54) is 30.2 Å². The monoisotopic (exact) mass is 240 g/mol. The second-order valence-corrected chi connectivity index (χ2v) is 5.66. The van der Waals surface area contributed by atoms with Gasteiger partial charge in [-0.15, -0.1) is 0 Å². The number of benzene rings is 1. The average molecular weight is 240 g/mol. The van der Waals surface area contributed by atoms with Crippen molar-refractivity contribution in [1.82, 2.24) is 10.3 Å². The first kappa shape index (κ1) is 11.7. The molecule has 2 nitrogen and oxygen atoms in total. The van der Waals surface area contributed by atoms with Crippen LogP contribution in [0.3, 0.4) is 0 Å². The molecule has 18 heavy (non-hydrogen) atoms. The van der Waals surface area contributed by atoms with Crippen molar-refractivity contribution in [2.75, 3.05) is 7.05 Å². The molecule has 0 aliphatic heterocycles. The van der Waals surface area contributed by atoms with Crippen LogP contribution in [0.5, 0.6) is 0 Å². The Bertz CT molecular complexity index is 559. The van der Waals surface area contributed by atoms with Crippen molar-refractivity contribution in [3.63, 3.8) is 0 Å². The molecular formula is C16H20N2. The maximum Gasteiger partial charge on any atom is 0.0704 e. The van der Waals surface area contributed by atoms with Gasteiger partial charge in [0.2, 0.25) is 0 Å². The number of hydrogen-bond acceptors (Lipinski definition) is 2. The van der Waals surface area contributed by atoms with E-state index in [0.29, 0.717) is 6.04 Å². The summed E-state index contributed by atoms with van der Waals surface area (Å²) in [6.07, 6.45) is 5.62. The van der Waals surface area contributed by atoms with Crippen molar-refractivity contribution >= 4 is 10.9 Å². The summed E-state index contributed by atoms with van der Waals surface area (Å²) in [6.45, 7) is 2.39. The molecule has 94 valence electrons. The third kappa shape index (κ3) is 1.81. The van der Waals surface area contributed by atoms with E-state index >= 15 is 0 Å². The van der Waals surface area contributed by atoms with E-state index in [2.05, 4.69) is 48.5 Å². The lowest BCUT2D eigenvalue weighted by atomic mass is 9.79. The van der Waals surface area contributed by atoms with Gasteiger partial charge in [-0.1, -0.05) is 25.1 Å². The minimum atomic E-state index is 0.288. The van der Waals surface area contributed by atoms with Gasteiger partial charge in [0.25, 0.3) is 0 Å². The first-order valence-electron chi connectivity index (χ1n) is 6.74. The quantitative estimate of drug-likeness (QED) is 0.871. The number of fused-ring (bicyclic) bond motifs is 1. The highest BCUT2D eigenvalue weighted by Crippen LogP contribution is 2.43. The van der Waals surface area contributed by atoms with Gasteiger partial charge in [0.05, 0.1) is 5.52 Å². The summed E-state index contributed by atoms with van der Waals surface area (Å²) in [7, 11) is 2.07. The first-order chi connectivity index (χ1) is 8.73. The van der Waals surface area contributed by atoms with Crippen molar-refractivity contribution in [2.45, 2.75) is 37.6 Å². The molecule has 1 saturated carbocycles. The normalized spacial score (nSPS) is 27.8. The second kappa shape index (κ2) is 4.36. The van der Waals surface area contributed by atoms with Gasteiger partial charge < -0.3 is 5.32 Å². The molecule has 0 radical (unpaired) electrons. The Morgan fingerprint density at radius 2 is 2.17 bits per heavy atom. The van der Waals surface area contributed by atoms with Crippen molar-refractivity contribution in [2.24, 2.45) is 0 Å². The van der Waals surface area contributed by atoms with Crippen LogP contribution in [0, 0.1) is 0 Å². The summed E-state index contributed by atoms with van der Waals surface area (Å²) < 4.78 is 0. The topological polar surface area (TPSA) is 24.9 Å². The molecule has 0 amide bonds. The maximum absolute atomic E-state index is 4.47. The van der Waals surface area contributed by atoms with Crippen molar-refractivity contribution in [3.8, 4) is 0 Å². The summed E-state index contributed by atoms with van der Waals surface area (Å²) in [4.78, 5) is 4.47. The van der Waals surface area contributed by atoms with E-state index in [-0.39, 0.29) is 5.41 Å². The van der Waals surface area contributed by atoms with E-state index in [0.717, 1.165) is 5.52 Å². The SMILES string of the molecule is CNC1CCC(C)(c2cccc3ncccc23)C1. The zero-order valence-electron chi connectivity index (χ0n) is 11.1. The Morgan fingerprint density at radius 1 is 1.28 bits per heavy atom. The number of hydrogen-bond donors (Lipinski definition) is 1. The van der Waals surface area contributed by atoms with Gasteiger partial charge in [-0.3, -0.25) is 4.98 Å². The van der Waals surface area contributed by atoms with Gasteiger partial charge in [-0.25, -0.2) is 0 Å². The lowest BCUT2D eigenvalue weighted by Crippen LogP contribution is -2.25. The van der Waals surface area contributed by atoms with Crippen molar-refractivity contribution < 1.29 is 0 Å². The number of pyridine rings is 1. The minimum absolute atomic E-state index is 0.288. The van der Waals surface area contributed by atoms with Crippen LogP contribution in [0.1, 0.15) is 31.7 Å². The van der Waals surface area contributed by atoms with Gasteiger partial charge in [-0.2, -0.15) is 0 Å². The molecule has 1 heterocycles. The van der Waals surface area contributed by atoms with Gasteiger partial charge in [0, 0.05) is 17.6 Å². The van der Waals surface area contributed by atoms with Gasteiger partial charge in [0.15, 0.2) is 0 Å². The van der Waals surface area contributed by atoms with Gasteiger partial charge in [-0.05, 0) is 49.4 Å². The Morgan fingerprint density at radius 3 is 2.94 bits per heavy atom. The Labute approximate surface area is 108 Å². The Hall–Kier alpha value is -1.41. The Kier molecular flexibility index (Phi) is 2.83. The molecule has 0 spiro atoms. The lowest BCUT2D eigenvalue weighted by molar-refractivity contribution is 0.470. The second-order valence-electron chi connectivity index (χ2n) is 5.66. The third-order valence-electron chi connectivity index (χ3n) is 4.45. The molecule has 2 unspecified atom stereocenters. The fraction of sp³-hybridized carbons (Fsp3) is 0.438. The van der Waals surface area contributed by atoms with Crippen LogP contribution in [-0.4, -0.2) is 18.1 Å². The molecule has 2 atom stereocenters.